The molecule has 0 unspecified atom stereocenters. The van der Waals surface area contributed by atoms with Gasteiger partial charge in [-0.15, -0.1) is 0 Å². The molecule has 41 heavy (non-hydrogen) atoms. The molecule has 4 aromatic rings. The van der Waals surface area contributed by atoms with Crippen molar-refractivity contribution in [3.63, 3.8) is 0 Å². The van der Waals surface area contributed by atoms with Crippen molar-refractivity contribution >= 4 is 23.7 Å². The number of hydrogen-bond donors (Lipinski definition) is 2. The number of carbonyl (C=O) groups excluding carboxylic acids is 2. The molecule has 0 aliphatic carbocycles. The first-order valence-corrected chi connectivity index (χ1v) is 14.6. The molecular formula is C34H34O6S. The van der Waals surface area contributed by atoms with Crippen molar-refractivity contribution in [2.75, 3.05) is 13.2 Å². The Morgan fingerprint density at radius 1 is 0.561 bits per heavy atom. The van der Waals surface area contributed by atoms with Gasteiger partial charge in [0.2, 0.25) is 0 Å². The summed E-state index contributed by atoms with van der Waals surface area (Å²) in [6.45, 7) is 0.596. The van der Waals surface area contributed by atoms with Gasteiger partial charge in [0.05, 0.1) is 34.1 Å². The van der Waals surface area contributed by atoms with Crippen LogP contribution in [0.5, 0.6) is 11.5 Å². The molecule has 2 N–H and O–H groups in total. The lowest BCUT2D eigenvalue weighted by molar-refractivity contribution is 0.0489. The normalized spacial score (nSPS) is 10.7. The lowest BCUT2D eigenvalue weighted by atomic mass is 10.1. The molecule has 7 heteroatoms. The lowest BCUT2D eigenvalue weighted by Crippen LogP contribution is -2.07. The molecule has 0 amide bonds. The summed E-state index contributed by atoms with van der Waals surface area (Å²) in [5.74, 6) is -1.08. The van der Waals surface area contributed by atoms with Crippen molar-refractivity contribution in [2.45, 2.75) is 48.3 Å². The molecular weight excluding hydrogens is 536 g/mol. The predicted molar refractivity (Wildman–Crippen MR) is 160 cm³/mol. The van der Waals surface area contributed by atoms with Gasteiger partial charge in [-0.3, -0.25) is 0 Å². The van der Waals surface area contributed by atoms with E-state index >= 15 is 0 Å². The summed E-state index contributed by atoms with van der Waals surface area (Å²) in [7, 11) is 0. The van der Waals surface area contributed by atoms with Gasteiger partial charge < -0.3 is 19.7 Å². The molecule has 6 nitrogen and oxygen atoms in total. The zero-order valence-electron chi connectivity index (χ0n) is 22.8. The fourth-order valence-corrected chi connectivity index (χ4v) is 5.17. The quantitative estimate of drug-likeness (QED) is 0.119. The van der Waals surface area contributed by atoms with Crippen molar-refractivity contribution in [3.8, 4) is 11.5 Å². The summed E-state index contributed by atoms with van der Waals surface area (Å²) in [6, 6.07) is 29.2. The molecule has 0 spiro atoms. The number of aromatic hydroxyl groups is 2. The SMILES string of the molecule is O=C(OCCCCc1ccccc1)c1ccc(O)c(Sc2cc(C(=O)OCCCCc3ccccc3)ccc2O)c1. The number of rotatable bonds is 14. The van der Waals surface area contributed by atoms with E-state index < -0.39 is 11.9 Å². The highest BCUT2D eigenvalue weighted by atomic mass is 32.2. The van der Waals surface area contributed by atoms with Crippen LogP contribution in [0.2, 0.25) is 0 Å². The average Bonchev–Trinajstić information content (AvgIpc) is 2.99. The summed E-state index contributed by atoms with van der Waals surface area (Å²) >= 11 is 1.05. The second-order valence-corrected chi connectivity index (χ2v) is 10.7. The Bertz CT molecular complexity index is 1310. The highest BCUT2D eigenvalue weighted by molar-refractivity contribution is 7.99. The lowest BCUT2D eigenvalue weighted by Gasteiger charge is -2.11. The van der Waals surface area contributed by atoms with Gasteiger partial charge in [-0.25, -0.2) is 9.59 Å². The van der Waals surface area contributed by atoms with Gasteiger partial charge in [0.1, 0.15) is 11.5 Å². The fraction of sp³-hybridized carbons (Fsp3) is 0.235. The summed E-state index contributed by atoms with van der Waals surface area (Å²) in [4.78, 5) is 25.9. The van der Waals surface area contributed by atoms with Crippen LogP contribution < -0.4 is 0 Å². The van der Waals surface area contributed by atoms with Gasteiger partial charge in [-0.1, -0.05) is 72.4 Å². The van der Waals surface area contributed by atoms with E-state index in [1.54, 1.807) is 0 Å². The number of benzene rings is 4. The maximum absolute atomic E-state index is 12.6. The van der Waals surface area contributed by atoms with Crippen LogP contribution in [-0.4, -0.2) is 35.4 Å². The molecule has 0 saturated carbocycles. The minimum absolute atomic E-state index is 0.0554. The van der Waals surface area contributed by atoms with E-state index in [4.69, 9.17) is 9.47 Å². The Hall–Kier alpha value is -4.23. The number of phenolic OH excluding ortho intramolecular Hbond substituents is 2. The number of unbranched alkanes of at least 4 members (excludes halogenated alkanes) is 2. The summed E-state index contributed by atoms with van der Waals surface area (Å²) in [6.07, 6.45) is 5.12. The van der Waals surface area contributed by atoms with E-state index in [9.17, 15) is 19.8 Å². The first-order chi connectivity index (χ1) is 20.0. The molecule has 212 valence electrons. The topological polar surface area (TPSA) is 93.1 Å². The van der Waals surface area contributed by atoms with Crippen molar-refractivity contribution in [2.24, 2.45) is 0 Å². The standard InChI is InChI=1S/C34H34O6S/c35-29-19-17-27(33(37)39-21-9-7-15-25-11-3-1-4-12-25)23-31(29)41-32-24-28(18-20-30(32)36)34(38)40-22-10-8-16-26-13-5-2-6-14-26/h1-6,11-14,17-20,23-24,35-36H,7-10,15-16,21-22H2. The number of aryl methyl sites for hydroxylation is 2. The average molecular weight is 571 g/mol. The molecule has 4 rings (SSSR count). The monoisotopic (exact) mass is 570 g/mol. The first kappa shape index (κ1) is 29.7. The molecule has 0 aliphatic heterocycles. The molecule has 0 heterocycles. The van der Waals surface area contributed by atoms with E-state index in [0.717, 1.165) is 50.3 Å². The second kappa shape index (κ2) is 15.5. The molecule has 0 bridgehead atoms. The van der Waals surface area contributed by atoms with E-state index in [2.05, 4.69) is 24.3 Å². The summed E-state index contributed by atoms with van der Waals surface area (Å²) < 4.78 is 10.8. The second-order valence-electron chi connectivity index (χ2n) is 9.62. The van der Waals surface area contributed by atoms with Gasteiger partial charge in [-0.2, -0.15) is 0 Å². The molecule has 0 aliphatic rings. The number of carbonyl (C=O) groups is 2. The highest BCUT2D eigenvalue weighted by Gasteiger charge is 2.16. The Kier molecular flexibility index (Phi) is 11.3. The van der Waals surface area contributed by atoms with Gasteiger partial charge in [0.15, 0.2) is 0 Å². The molecule has 0 fully saturated rings. The Balaban J connectivity index is 1.27. The molecule has 0 radical (unpaired) electrons. The van der Waals surface area contributed by atoms with E-state index in [1.165, 1.54) is 47.5 Å². The molecule has 0 atom stereocenters. The number of hydrogen-bond acceptors (Lipinski definition) is 7. The molecule has 4 aromatic carbocycles. The third kappa shape index (κ3) is 9.43. The number of ether oxygens (including phenoxy) is 2. The van der Waals surface area contributed by atoms with Crippen LogP contribution in [0.4, 0.5) is 0 Å². The van der Waals surface area contributed by atoms with Crippen LogP contribution in [-0.2, 0) is 22.3 Å². The van der Waals surface area contributed by atoms with Crippen LogP contribution in [0.15, 0.2) is 107 Å². The number of phenols is 2. The summed E-state index contributed by atoms with van der Waals surface area (Å²) in [5.41, 5.74) is 3.08. The van der Waals surface area contributed by atoms with Gasteiger partial charge >= 0.3 is 11.9 Å². The largest absolute Gasteiger partial charge is 0.507 e. The van der Waals surface area contributed by atoms with Crippen molar-refractivity contribution < 1.29 is 29.3 Å². The molecule has 0 aromatic heterocycles. The Morgan fingerprint density at radius 3 is 1.39 bits per heavy atom. The van der Waals surface area contributed by atoms with Crippen LogP contribution in [0, 0.1) is 0 Å². The van der Waals surface area contributed by atoms with E-state index in [-0.39, 0.29) is 11.5 Å². The maximum Gasteiger partial charge on any atom is 0.338 e. The highest BCUT2D eigenvalue weighted by Crippen LogP contribution is 2.39. The van der Waals surface area contributed by atoms with Crippen molar-refractivity contribution in [3.05, 3.63) is 119 Å². The predicted octanol–water partition coefficient (Wildman–Crippen LogP) is 7.61. The van der Waals surface area contributed by atoms with Crippen LogP contribution >= 0.6 is 11.8 Å². The third-order valence-electron chi connectivity index (χ3n) is 6.48. The summed E-state index contributed by atoms with van der Waals surface area (Å²) in [5, 5.41) is 20.8. The molecule has 0 saturated heterocycles. The van der Waals surface area contributed by atoms with E-state index in [0.29, 0.717) is 34.1 Å². The minimum atomic E-state index is -0.486. The van der Waals surface area contributed by atoms with Gasteiger partial charge in [0.25, 0.3) is 0 Å². The maximum atomic E-state index is 12.6. The van der Waals surface area contributed by atoms with E-state index in [1.807, 2.05) is 36.4 Å². The number of esters is 2. The van der Waals surface area contributed by atoms with Crippen LogP contribution in [0.1, 0.15) is 57.5 Å². The Labute approximate surface area is 245 Å². The first-order valence-electron chi connectivity index (χ1n) is 13.8. The smallest absolute Gasteiger partial charge is 0.338 e. The Morgan fingerprint density at radius 2 is 0.976 bits per heavy atom. The van der Waals surface area contributed by atoms with Crippen LogP contribution in [0.3, 0.4) is 0 Å². The van der Waals surface area contributed by atoms with Gasteiger partial charge in [-0.05, 0) is 86.1 Å². The van der Waals surface area contributed by atoms with Crippen LogP contribution in [0.25, 0.3) is 0 Å². The third-order valence-corrected chi connectivity index (χ3v) is 7.58. The zero-order valence-corrected chi connectivity index (χ0v) is 23.6. The van der Waals surface area contributed by atoms with Crippen molar-refractivity contribution in [1.82, 2.24) is 0 Å². The van der Waals surface area contributed by atoms with Crippen molar-refractivity contribution in [1.29, 1.82) is 0 Å². The minimum Gasteiger partial charge on any atom is -0.507 e. The van der Waals surface area contributed by atoms with Gasteiger partial charge in [0, 0.05) is 0 Å². The zero-order chi connectivity index (χ0) is 28.9. The fourth-order valence-electron chi connectivity index (χ4n) is 4.21.